The van der Waals surface area contributed by atoms with Crippen molar-refractivity contribution in [2.24, 2.45) is 0 Å². The molecule has 0 bridgehead atoms. The Labute approximate surface area is 175 Å². The van der Waals surface area contributed by atoms with Gasteiger partial charge in [-0.3, -0.25) is 4.55 Å². The molecule has 0 saturated carbocycles. The Morgan fingerprint density at radius 3 is 1.36 bits per heavy atom. The molecule has 5 heteroatoms. The van der Waals surface area contributed by atoms with Crippen LogP contribution in [0.2, 0.25) is 0 Å². The van der Waals surface area contributed by atoms with Crippen molar-refractivity contribution in [2.45, 2.75) is 147 Å². The van der Waals surface area contributed by atoms with Crippen LogP contribution in [0.3, 0.4) is 0 Å². The molecule has 2 unspecified atom stereocenters. The van der Waals surface area contributed by atoms with E-state index in [1.807, 2.05) is 6.92 Å². The third kappa shape index (κ3) is 17.9. The lowest BCUT2D eigenvalue weighted by atomic mass is 10.0. The van der Waals surface area contributed by atoms with Gasteiger partial charge in [0.25, 0.3) is 10.1 Å². The van der Waals surface area contributed by atoms with Gasteiger partial charge in [0.2, 0.25) is 0 Å². The van der Waals surface area contributed by atoms with Gasteiger partial charge in [0.15, 0.2) is 0 Å². The first-order valence-corrected chi connectivity index (χ1v) is 13.6. The second-order valence-corrected chi connectivity index (χ2v) is 10.2. The van der Waals surface area contributed by atoms with E-state index >= 15 is 0 Å². The molecule has 0 aliphatic carbocycles. The van der Waals surface area contributed by atoms with Gasteiger partial charge < -0.3 is 5.11 Å². The summed E-state index contributed by atoms with van der Waals surface area (Å²) in [4.78, 5) is 0. The van der Waals surface area contributed by atoms with Crippen LogP contribution in [-0.4, -0.2) is 29.4 Å². The summed E-state index contributed by atoms with van der Waals surface area (Å²) >= 11 is 0. The third-order valence-electron chi connectivity index (χ3n) is 5.74. The average Bonchev–Trinajstić information content (AvgIpc) is 2.64. The Kier molecular flexibility index (Phi) is 18.8. The van der Waals surface area contributed by atoms with Gasteiger partial charge in [0, 0.05) is 0 Å². The Balaban J connectivity index is 3.42. The summed E-state index contributed by atoms with van der Waals surface area (Å²) in [5.41, 5.74) is 0. The Hall–Kier alpha value is -0.130. The van der Waals surface area contributed by atoms with Gasteiger partial charge in [-0.05, 0) is 25.7 Å². The molecule has 0 aromatic carbocycles. The van der Waals surface area contributed by atoms with Crippen molar-refractivity contribution in [3.63, 3.8) is 0 Å². The van der Waals surface area contributed by atoms with Crippen molar-refractivity contribution in [1.29, 1.82) is 0 Å². The lowest BCUT2D eigenvalue weighted by Crippen LogP contribution is -2.20. The summed E-state index contributed by atoms with van der Waals surface area (Å²) in [5.74, 6) is 0. The van der Waals surface area contributed by atoms with Crippen LogP contribution in [-0.2, 0) is 10.1 Å². The van der Waals surface area contributed by atoms with Crippen molar-refractivity contribution in [1.82, 2.24) is 0 Å². The molecule has 0 rings (SSSR count). The Morgan fingerprint density at radius 2 is 0.964 bits per heavy atom. The lowest BCUT2D eigenvalue weighted by Gasteiger charge is -2.12. The van der Waals surface area contributed by atoms with E-state index in [0.29, 0.717) is 12.8 Å². The molecule has 0 aliphatic heterocycles. The predicted octanol–water partition coefficient (Wildman–Crippen LogP) is 7.06. The topological polar surface area (TPSA) is 74.6 Å². The maximum absolute atomic E-state index is 11.3. The Bertz CT molecular complexity index is 422. The van der Waals surface area contributed by atoms with Crippen LogP contribution >= 0.6 is 0 Å². The molecule has 170 valence electrons. The van der Waals surface area contributed by atoms with Crippen LogP contribution in [0.5, 0.6) is 0 Å². The van der Waals surface area contributed by atoms with Crippen molar-refractivity contribution < 1.29 is 18.1 Å². The fraction of sp³-hybridized carbons (Fsp3) is 1.00. The highest BCUT2D eigenvalue weighted by Gasteiger charge is 2.21. The average molecular weight is 421 g/mol. The van der Waals surface area contributed by atoms with Gasteiger partial charge >= 0.3 is 0 Å². The first kappa shape index (κ1) is 27.9. The van der Waals surface area contributed by atoms with Crippen LogP contribution in [0.25, 0.3) is 0 Å². The molecule has 4 nitrogen and oxygen atoms in total. The zero-order chi connectivity index (χ0) is 21.1. The number of aliphatic hydroxyl groups is 1. The van der Waals surface area contributed by atoms with Crippen molar-refractivity contribution >= 4 is 10.1 Å². The fourth-order valence-corrected chi connectivity index (χ4v) is 4.88. The predicted molar refractivity (Wildman–Crippen MR) is 120 cm³/mol. The number of aliphatic hydroxyl groups excluding tert-OH is 1. The normalized spacial score (nSPS) is 14.3. The van der Waals surface area contributed by atoms with E-state index < -0.39 is 15.4 Å². The van der Waals surface area contributed by atoms with Crippen LogP contribution in [0.1, 0.15) is 136 Å². The molecule has 0 aliphatic rings. The van der Waals surface area contributed by atoms with Crippen LogP contribution in [0, 0.1) is 0 Å². The van der Waals surface area contributed by atoms with Gasteiger partial charge in [-0.25, -0.2) is 0 Å². The molecule has 0 spiro atoms. The van der Waals surface area contributed by atoms with Gasteiger partial charge in [-0.2, -0.15) is 8.42 Å². The van der Waals surface area contributed by atoms with Crippen LogP contribution in [0.4, 0.5) is 0 Å². The quantitative estimate of drug-likeness (QED) is 0.154. The standard InChI is InChI=1S/C23H48O4S/c1-3-5-6-7-9-12-15-19-22(24)20-16-13-10-8-11-14-17-21-23(18-4-2)28(25,26)27/h22-24H,3-21H2,1-2H3,(H,25,26,27). The van der Waals surface area contributed by atoms with Crippen molar-refractivity contribution in [3.8, 4) is 0 Å². The van der Waals surface area contributed by atoms with E-state index in [1.165, 1.54) is 57.8 Å². The maximum Gasteiger partial charge on any atom is 0.267 e. The summed E-state index contributed by atoms with van der Waals surface area (Å²) in [6.07, 6.45) is 20.5. The summed E-state index contributed by atoms with van der Waals surface area (Å²) in [5, 5.41) is 9.48. The molecule has 0 saturated heterocycles. The summed E-state index contributed by atoms with van der Waals surface area (Å²) < 4.78 is 31.8. The highest BCUT2D eigenvalue weighted by Crippen LogP contribution is 2.18. The van der Waals surface area contributed by atoms with Crippen molar-refractivity contribution in [2.75, 3.05) is 0 Å². The number of rotatable bonds is 21. The van der Waals surface area contributed by atoms with Gasteiger partial charge in [0.05, 0.1) is 11.4 Å². The number of hydrogen-bond donors (Lipinski definition) is 2. The third-order valence-corrected chi connectivity index (χ3v) is 7.05. The fourth-order valence-electron chi connectivity index (χ4n) is 3.88. The van der Waals surface area contributed by atoms with Crippen LogP contribution in [0.15, 0.2) is 0 Å². The Morgan fingerprint density at radius 1 is 0.571 bits per heavy atom. The first-order valence-electron chi connectivity index (χ1n) is 12.1. The minimum absolute atomic E-state index is 0.119. The molecule has 0 amide bonds. The summed E-state index contributed by atoms with van der Waals surface area (Å²) in [7, 11) is -3.88. The largest absolute Gasteiger partial charge is 0.393 e. The molecule has 28 heavy (non-hydrogen) atoms. The molecular weight excluding hydrogens is 372 g/mol. The smallest absolute Gasteiger partial charge is 0.267 e. The summed E-state index contributed by atoms with van der Waals surface area (Å²) in [6, 6.07) is 0. The molecule has 0 radical (unpaired) electrons. The highest BCUT2D eigenvalue weighted by molar-refractivity contribution is 7.86. The minimum Gasteiger partial charge on any atom is -0.393 e. The number of hydrogen-bond acceptors (Lipinski definition) is 3. The minimum atomic E-state index is -3.88. The van der Waals surface area contributed by atoms with Crippen molar-refractivity contribution in [3.05, 3.63) is 0 Å². The molecule has 2 atom stereocenters. The SMILES string of the molecule is CCCCCCCCCC(O)CCCCCCCCCC(CCC)S(=O)(=O)O. The van der Waals surface area contributed by atoms with Gasteiger partial charge in [-0.1, -0.05) is 110 Å². The van der Waals surface area contributed by atoms with E-state index in [-0.39, 0.29) is 6.10 Å². The van der Waals surface area contributed by atoms with E-state index in [1.54, 1.807) is 0 Å². The van der Waals surface area contributed by atoms with E-state index in [4.69, 9.17) is 0 Å². The molecule has 0 aromatic rings. The van der Waals surface area contributed by atoms with E-state index in [0.717, 1.165) is 51.4 Å². The maximum atomic E-state index is 11.3. The zero-order valence-corrected chi connectivity index (χ0v) is 19.5. The van der Waals surface area contributed by atoms with Gasteiger partial charge in [0.1, 0.15) is 0 Å². The van der Waals surface area contributed by atoms with Gasteiger partial charge in [-0.15, -0.1) is 0 Å². The highest BCUT2D eigenvalue weighted by atomic mass is 32.2. The monoisotopic (exact) mass is 420 g/mol. The molecular formula is C23H48O4S. The molecule has 0 aromatic heterocycles. The van der Waals surface area contributed by atoms with E-state index in [9.17, 15) is 18.1 Å². The van der Waals surface area contributed by atoms with E-state index in [2.05, 4.69) is 6.92 Å². The zero-order valence-electron chi connectivity index (χ0n) is 18.7. The van der Waals surface area contributed by atoms with Crippen LogP contribution < -0.4 is 0 Å². The molecule has 2 N–H and O–H groups in total. The first-order chi connectivity index (χ1) is 13.4. The second-order valence-electron chi connectivity index (χ2n) is 8.54. The number of unbranched alkanes of at least 4 members (excludes halogenated alkanes) is 12. The second kappa shape index (κ2) is 18.9. The lowest BCUT2D eigenvalue weighted by molar-refractivity contribution is 0.147. The molecule has 0 fully saturated rings. The summed E-state index contributed by atoms with van der Waals surface area (Å²) in [6.45, 7) is 4.19. The molecule has 0 heterocycles.